The van der Waals surface area contributed by atoms with Gasteiger partial charge in [-0.05, 0) is 128 Å². The Morgan fingerprint density at radius 2 is 1.52 bits per heavy atom. The van der Waals surface area contributed by atoms with Crippen LogP contribution in [0.25, 0.3) is 0 Å². The topological polar surface area (TPSA) is 38.3 Å². The second kappa shape index (κ2) is 7.69. The predicted molar refractivity (Wildman–Crippen MR) is 124 cm³/mol. The van der Waals surface area contributed by atoms with Crippen molar-refractivity contribution < 1.29 is 9.53 Å². The summed E-state index contributed by atoms with van der Waals surface area (Å²) in [5.74, 6) is 3.55. The van der Waals surface area contributed by atoms with Crippen LogP contribution in [0.5, 0.6) is 5.75 Å². The van der Waals surface area contributed by atoms with Crippen LogP contribution in [0.4, 0.5) is 5.69 Å². The van der Waals surface area contributed by atoms with Crippen LogP contribution in [0.15, 0.2) is 42.5 Å². The van der Waals surface area contributed by atoms with E-state index in [0.29, 0.717) is 5.41 Å². The van der Waals surface area contributed by atoms with Gasteiger partial charge in [0.2, 0.25) is 0 Å². The van der Waals surface area contributed by atoms with Gasteiger partial charge in [-0.3, -0.25) is 4.79 Å². The fourth-order valence-corrected chi connectivity index (χ4v) is 7.52. The molecule has 0 aromatic heterocycles. The van der Waals surface area contributed by atoms with Crippen molar-refractivity contribution >= 4 is 11.6 Å². The number of hydrogen-bond donors (Lipinski definition) is 1. The van der Waals surface area contributed by atoms with Gasteiger partial charge in [0.25, 0.3) is 5.91 Å². The summed E-state index contributed by atoms with van der Waals surface area (Å²) in [6.07, 6.45) is 13.3. The molecule has 3 heteroatoms. The first-order valence-electron chi connectivity index (χ1n) is 12.3. The van der Waals surface area contributed by atoms with Crippen molar-refractivity contribution in [3.63, 3.8) is 0 Å². The summed E-state index contributed by atoms with van der Waals surface area (Å²) in [6, 6.07) is 15.0. The second-order valence-electron chi connectivity index (χ2n) is 10.7. The van der Waals surface area contributed by atoms with Gasteiger partial charge in [0, 0.05) is 5.69 Å². The van der Waals surface area contributed by atoms with Crippen molar-refractivity contribution in [3.8, 4) is 5.75 Å². The number of ether oxygens (including phenoxy) is 1. The van der Waals surface area contributed by atoms with Crippen LogP contribution < -0.4 is 10.1 Å². The number of rotatable bonds is 5. The van der Waals surface area contributed by atoms with E-state index in [0.717, 1.165) is 42.0 Å². The minimum atomic E-state index is -0.0970. The van der Waals surface area contributed by atoms with Crippen molar-refractivity contribution in [2.45, 2.75) is 69.6 Å². The Kier molecular flexibility index (Phi) is 4.81. The summed E-state index contributed by atoms with van der Waals surface area (Å²) in [7, 11) is 0. The molecule has 4 fully saturated rings. The average Bonchev–Trinajstić information content (AvgIpc) is 2.77. The minimum Gasteiger partial charge on any atom is -0.484 e. The first kappa shape index (κ1) is 19.4. The zero-order chi connectivity index (χ0) is 20.8. The maximum absolute atomic E-state index is 12.4. The van der Waals surface area contributed by atoms with Crippen LogP contribution in [0.3, 0.4) is 0 Å². The number of aryl methyl sites for hydroxylation is 2. The number of nitrogens with one attached hydrogen (secondary N) is 1. The predicted octanol–water partition coefficient (Wildman–Crippen LogP) is 6.05. The highest BCUT2D eigenvalue weighted by Crippen LogP contribution is 2.60. The van der Waals surface area contributed by atoms with E-state index in [1.54, 1.807) is 0 Å². The molecule has 31 heavy (non-hydrogen) atoms. The molecule has 7 rings (SSSR count). The zero-order valence-corrected chi connectivity index (χ0v) is 18.4. The third-order valence-electron chi connectivity index (χ3n) is 8.51. The van der Waals surface area contributed by atoms with Gasteiger partial charge in [-0.1, -0.05) is 18.2 Å². The SMILES string of the molecule is O=C(COc1ccc2c(c1)CCCC2)Nc1ccc(C23CC4CC(CC(C4)C2)C3)cc1. The normalized spacial score (nSPS) is 30.6. The molecule has 0 saturated heterocycles. The summed E-state index contributed by atoms with van der Waals surface area (Å²) in [6.45, 7) is 0.0511. The summed E-state index contributed by atoms with van der Waals surface area (Å²) in [4.78, 5) is 12.4. The number of benzene rings is 2. The van der Waals surface area contributed by atoms with E-state index < -0.39 is 0 Å². The highest BCUT2D eigenvalue weighted by Gasteiger charge is 2.51. The molecule has 5 aliphatic rings. The number of fused-ring (bicyclic) bond motifs is 1. The highest BCUT2D eigenvalue weighted by atomic mass is 16.5. The first-order chi connectivity index (χ1) is 15.1. The number of amides is 1. The van der Waals surface area contributed by atoms with Crippen molar-refractivity contribution in [2.24, 2.45) is 17.8 Å². The summed E-state index contributed by atoms with van der Waals surface area (Å²) < 4.78 is 5.78. The minimum absolute atomic E-state index is 0.0511. The van der Waals surface area contributed by atoms with E-state index in [1.165, 1.54) is 68.1 Å². The maximum Gasteiger partial charge on any atom is 0.262 e. The molecule has 0 aliphatic heterocycles. The maximum atomic E-state index is 12.4. The van der Waals surface area contributed by atoms with E-state index >= 15 is 0 Å². The number of carbonyl (C=O) groups is 1. The van der Waals surface area contributed by atoms with Gasteiger partial charge in [0.1, 0.15) is 5.75 Å². The van der Waals surface area contributed by atoms with Crippen molar-refractivity contribution in [1.82, 2.24) is 0 Å². The third kappa shape index (κ3) is 3.77. The Bertz CT molecular complexity index is 942. The van der Waals surface area contributed by atoms with Crippen LogP contribution >= 0.6 is 0 Å². The Morgan fingerprint density at radius 1 is 0.871 bits per heavy atom. The Morgan fingerprint density at radius 3 is 2.19 bits per heavy atom. The van der Waals surface area contributed by atoms with Crippen LogP contribution in [-0.4, -0.2) is 12.5 Å². The van der Waals surface area contributed by atoms with Crippen molar-refractivity contribution in [2.75, 3.05) is 11.9 Å². The third-order valence-corrected chi connectivity index (χ3v) is 8.51. The molecule has 4 saturated carbocycles. The average molecular weight is 416 g/mol. The smallest absolute Gasteiger partial charge is 0.262 e. The lowest BCUT2D eigenvalue weighted by atomic mass is 9.48. The van der Waals surface area contributed by atoms with E-state index in [2.05, 4.69) is 41.7 Å². The molecule has 3 nitrogen and oxygen atoms in total. The molecule has 0 unspecified atom stereocenters. The molecular weight excluding hydrogens is 382 g/mol. The van der Waals surface area contributed by atoms with Crippen LogP contribution in [0.1, 0.15) is 68.1 Å². The summed E-state index contributed by atoms with van der Waals surface area (Å²) >= 11 is 0. The lowest BCUT2D eigenvalue weighted by molar-refractivity contribution is -0.118. The molecule has 4 bridgehead atoms. The Balaban J connectivity index is 1.07. The van der Waals surface area contributed by atoms with Gasteiger partial charge in [0.05, 0.1) is 0 Å². The van der Waals surface area contributed by atoms with Crippen molar-refractivity contribution in [1.29, 1.82) is 0 Å². The summed E-state index contributed by atoms with van der Waals surface area (Å²) in [5, 5.41) is 3.01. The van der Waals surface area contributed by atoms with Crippen LogP contribution in [0, 0.1) is 17.8 Å². The molecule has 1 N–H and O–H groups in total. The molecule has 0 heterocycles. The van der Waals surface area contributed by atoms with Gasteiger partial charge in [-0.2, -0.15) is 0 Å². The van der Waals surface area contributed by atoms with E-state index in [1.807, 2.05) is 6.07 Å². The summed E-state index contributed by atoms with van der Waals surface area (Å²) in [5.41, 5.74) is 5.58. The van der Waals surface area contributed by atoms with E-state index in [4.69, 9.17) is 4.74 Å². The van der Waals surface area contributed by atoms with E-state index in [-0.39, 0.29) is 12.5 Å². The lowest BCUT2D eigenvalue weighted by Gasteiger charge is -2.57. The Labute approximate surface area is 185 Å². The van der Waals surface area contributed by atoms with Crippen molar-refractivity contribution in [3.05, 3.63) is 59.2 Å². The number of hydrogen-bond acceptors (Lipinski definition) is 2. The van der Waals surface area contributed by atoms with Gasteiger partial charge in [0.15, 0.2) is 6.61 Å². The zero-order valence-electron chi connectivity index (χ0n) is 18.4. The molecular formula is C28H33NO2. The molecule has 162 valence electrons. The largest absolute Gasteiger partial charge is 0.484 e. The van der Waals surface area contributed by atoms with Crippen LogP contribution in [-0.2, 0) is 23.1 Å². The van der Waals surface area contributed by atoms with E-state index in [9.17, 15) is 4.79 Å². The van der Waals surface area contributed by atoms with Gasteiger partial charge in [-0.25, -0.2) is 0 Å². The quantitative estimate of drug-likeness (QED) is 0.645. The van der Waals surface area contributed by atoms with Gasteiger partial charge in [-0.15, -0.1) is 0 Å². The molecule has 0 radical (unpaired) electrons. The molecule has 1 amide bonds. The number of anilines is 1. The number of carbonyl (C=O) groups excluding carboxylic acids is 1. The monoisotopic (exact) mass is 415 g/mol. The Hall–Kier alpha value is -2.29. The second-order valence-corrected chi connectivity index (χ2v) is 10.7. The molecule has 5 aliphatic carbocycles. The molecule has 2 aromatic rings. The molecule has 0 spiro atoms. The molecule has 0 atom stereocenters. The molecule has 2 aromatic carbocycles. The van der Waals surface area contributed by atoms with Gasteiger partial charge >= 0.3 is 0 Å². The lowest BCUT2D eigenvalue weighted by Crippen LogP contribution is -2.48. The van der Waals surface area contributed by atoms with Gasteiger partial charge < -0.3 is 10.1 Å². The standard InChI is InChI=1S/C28H33NO2/c30-27(18-31-26-10-5-22-3-1-2-4-23(22)14-26)29-25-8-6-24(7-9-25)28-15-19-11-20(16-28)13-21(12-19)17-28/h5-10,14,19-21H,1-4,11-13,15-18H2,(H,29,30). The highest BCUT2D eigenvalue weighted by molar-refractivity contribution is 5.91. The fourth-order valence-electron chi connectivity index (χ4n) is 7.52. The first-order valence-corrected chi connectivity index (χ1v) is 12.3. The fraction of sp³-hybridized carbons (Fsp3) is 0.536. The van der Waals surface area contributed by atoms with Crippen LogP contribution in [0.2, 0.25) is 0 Å².